The van der Waals surface area contributed by atoms with Crippen LogP contribution in [0.1, 0.15) is 35.2 Å². The first-order valence-corrected chi connectivity index (χ1v) is 9.52. The van der Waals surface area contributed by atoms with Gasteiger partial charge in [-0.15, -0.1) is 0 Å². The van der Waals surface area contributed by atoms with Gasteiger partial charge in [0.05, 0.1) is 19.9 Å². The van der Waals surface area contributed by atoms with E-state index in [4.69, 9.17) is 21.1 Å². The average Bonchev–Trinajstić information content (AvgIpc) is 3.11. The first-order valence-electron chi connectivity index (χ1n) is 9.15. The van der Waals surface area contributed by atoms with Crippen LogP contribution in [-0.2, 0) is 4.74 Å². The molecule has 2 aromatic carbocycles. The van der Waals surface area contributed by atoms with E-state index in [0.717, 1.165) is 42.7 Å². The summed E-state index contributed by atoms with van der Waals surface area (Å²) in [6.07, 6.45) is 4.52. The van der Waals surface area contributed by atoms with Crippen molar-refractivity contribution in [2.75, 3.05) is 20.2 Å². The third kappa shape index (κ3) is 3.67. The Morgan fingerprint density at radius 2 is 2.04 bits per heavy atom. The molecule has 4 rings (SSSR count). The number of benzene rings is 2. The van der Waals surface area contributed by atoms with Gasteiger partial charge < -0.3 is 14.4 Å². The van der Waals surface area contributed by atoms with Crippen LogP contribution >= 0.6 is 11.6 Å². The van der Waals surface area contributed by atoms with Crippen LogP contribution in [0, 0.1) is 0 Å². The molecule has 2 aliphatic rings. The summed E-state index contributed by atoms with van der Waals surface area (Å²) in [6, 6.07) is 15.1. The monoisotopic (exact) mass is 383 g/mol. The second-order valence-electron chi connectivity index (χ2n) is 7.19. The number of rotatable bonds is 3. The summed E-state index contributed by atoms with van der Waals surface area (Å²) < 4.78 is 11.5. The fourth-order valence-corrected chi connectivity index (χ4v) is 4.03. The lowest BCUT2D eigenvalue weighted by Gasteiger charge is -2.39. The number of amides is 1. The van der Waals surface area contributed by atoms with Gasteiger partial charge in [0.15, 0.2) is 0 Å². The van der Waals surface area contributed by atoms with Gasteiger partial charge in [-0.1, -0.05) is 23.7 Å². The molecule has 140 valence electrons. The maximum atomic E-state index is 12.9. The molecule has 1 spiro atoms. The maximum absolute atomic E-state index is 12.9. The van der Waals surface area contributed by atoms with Crippen molar-refractivity contribution in [1.29, 1.82) is 0 Å². The maximum Gasteiger partial charge on any atom is 0.253 e. The minimum absolute atomic E-state index is 0.0316. The molecule has 0 N–H and O–H groups in total. The van der Waals surface area contributed by atoms with Crippen molar-refractivity contribution >= 4 is 23.1 Å². The molecular formula is C22H22ClNO3. The van der Waals surface area contributed by atoms with E-state index in [9.17, 15) is 4.79 Å². The summed E-state index contributed by atoms with van der Waals surface area (Å²) in [6.45, 7) is 1.35. The highest BCUT2D eigenvalue weighted by atomic mass is 35.5. The number of likely N-dealkylation sites (tertiary alicyclic amines) is 1. The number of piperidine rings is 1. The van der Waals surface area contributed by atoms with Crippen LogP contribution in [-0.4, -0.2) is 36.6 Å². The van der Waals surface area contributed by atoms with Crippen molar-refractivity contribution < 1.29 is 14.3 Å². The topological polar surface area (TPSA) is 38.8 Å². The quantitative estimate of drug-likeness (QED) is 0.765. The minimum Gasteiger partial charge on any atom is -0.497 e. The zero-order valence-corrected chi connectivity index (χ0v) is 16.0. The van der Waals surface area contributed by atoms with Crippen LogP contribution in [0.15, 0.2) is 54.8 Å². The predicted molar refractivity (Wildman–Crippen MR) is 106 cm³/mol. The third-order valence-electron chi connectivity index (χ3n) is 5.32. The Balaban J connectivity index is 1.48. The van der Waals surface area contributed by atoms with Crippen LogP contribution in [0.2, 0.25) is 5.02 Å². The lowest BCUT2D eigenvalue weighted by atomic mass is 9.86. The molecule has 2 aromatic rings. The van der Waals surface area contributed by atoms with E-state index in [1.807, 2.05) is 29.4 Å². The van der Waals surface area contributed by atoms with Crippen molar-refractivity contribution in [2.24, 2.45) is 0 Å². The molecule has 1 amide bonds. The zero-order valence-electron chi connectivity index (χ0n) is 15.3. The number of hydrogen-bond donors (Lipinski definition) is 0. The van der Waals surface area contributed by atoms with Crippen molar-refractivity contribution in [3.05, 3.63) is 70.9 Å². The Kier molecular flexibility index (Phi) is 4.83. The molecule has 0 aromatic heterocycles. The van der Waals surface area contributed by atoms with Gasteiger partial charge in [0.25, 0.3) is 5.91 Å². The first-order chi connectivity index (χ1) is 13.1. The average molecular weight is 384 g/mol. The Hall–Kier alpha value is -2.46. The Morgan fingerprint density at radius 1 is 1.22 bits per heavy atom. The predicted octanol–water partition coefficient (Wildman–Crippen LogP) is 4.78. The highest BCUT2D eigenvalue weighted by Gasteiger charge is 2.42. The molecule has 0 radical (unpaired) electrons. The van der Waals surface area contributed by atoms with Crippen LogP contribution in [0.25, 0.3) is 5.57 Å². The van der Waals surface area contributed by atoms with E-state index in [1.165, 1.54) is 0 Å². The standard InChI is InChI=1S/C22H22ClNO3/c1-26-20-5-2-4-17(12-20)18-13-22(27-14-18)10-3-11-24(15-22)21(25)16-6-8-19(23)9-7-16/h2,4-9,12,14H,3,10-11,13,15H2,1H3. The normalized spacial score (nSPS) is 21.7. The molecule has 2 aliphatic heterocycles. The van der Waals surface area contributed by atoms with E-state index in [1.54, 1.807) is 31.4 Å². The van der Waals surface area contributed by atoms with E-state index in [-0.39, 0.29) is 11.5 Å². The molecule has 1 atom stereocenters. The molecule has 0 aliphatic carbocycles. The molecular weight excluding hydrogens is 362 g/mol. The second kappa shape index (κ2) is 7.28. The summed E-state index contributed by atoms with van der Waals surface area (Å²) in [4.78, 5) is 14.8. The summed E-state index contributed by atoms with van der Waals surface area (Å²) in [5, 5.41) is 0.632. The molecule has 5 heteroatoms. The minimum atomic E-state index is -0.335. The molecule has 4 nitrogen and oxygen atoms in total. The van der Waals surface area contributed by atoms with Crippen molar-refractivity contribution in [2.45, 2.75) is 24.9 Å². The van der Waals surface area contributed by atoms with Crippen LogP contribution < -0.4 is 4.74 Å². The summed E-state index contributed by atoms with van der Waals surface area (Å²) >= 11 is 5.94. The molecule has 2 heterocycles. The first kappa shape index (κ1) is 17.9. The van der Waals surface area contributed by atoms with E-state index >= 15 is 0 Å². The molecule has 0 saturated carbocycles. The summed E-state index contributed by atoms with van der Waals surface area (Å²) in [5.74, 6) is 0.863. The highest BCUT2D eigenvalue weighted by Crippen LogP contribution is 2.41. The van der Waals surface area contributed by atoms with Gasteiger partial charge in [0, 0.05) is 23.6 Å². The van der Waals surface area contributed by atoms with Crippen LogP contribution in [0.5, 0.6) is 5.75 Å². The van der Waals surface area contributed by atoms with Gasteiger partial charge in [-0.2, -0.15) is 0 Å². The fraction of sp³-hybridized carbons (Fsp3) is 0.318. The van der Waals surface area contributed by atoms with E-state index in [0.29, 0.717) is 17.1 Å². The number of halogens is 1. The van der Waals surface area contributed by atoms with Gasteiger partial charge in [-0.05, 0) is 60.4 Å². The number of ether oxygens (including phenoxy) is 2. The van der Waals surface area contributed by atoms with Crippen LogP contribution in [0.4, 0.5) is 0 Å². The summed E-state index contributed by atoms with van der Waals surface area (Å²) in [5.41, 5.74) is 2.58. The van der Waals surface area contributed by atoms with E-state index < -0.39 is 0 Å². The lowest BCUT2D eigenvalue weighted by Crippen LogP contribution is -2.50. The van der Waals surface area contributed by atoms with Crippen molar-refractivity contribution in [3.8, 4) is 5.75 Å². The smallest absolute Gasteiger partial charge is 0.253 e. The van der Waals surface area contributed by atoms with Crippen molar-refractivity contribution in [1.82, 2.24) is 4.90 Å². The highest BCUT2D eigenvalue weighted by molar-refractivity contribution is 6.30. The van der Waals surface area contributed by atoms with Gasteiger partial charge >= 0.3 is 0 Å². The number of methoxy groups -OCH3 is 1. The van der Waals surface area contributed by atoms with E-state index in [2.05, 4.69) is 6.07 Å². The number of carbonyl (C=O) groups excluding carboxylic acids is 1. The number of hydrogen-bond acceptors (Lipinski definition) is 3. The molecule has 1 unspecified atom stereocenters. The van der Waals surface area contributed by atoms with Gasteiger partial charge in [0.2, 0.25) is 0 Å². The van der Waals surface area contributed by atoms with Gasteiger partial charge in [-0.25, -0.2) is 0 Å². The van der Waals surface area contributed by atoms with Crippen molar-refractivity contribution in [3.63, 3.8) is 0 Å². The lowest BCUT2D eigenvalue weighted by molar-refractivity contribution is -0.0190. The molecule has 1 fully saturated rings. The van der Waals surface area contributed by atoms with Gasteiger partial charge in [-0.3, -0.25) is 4.79 Å². The third-order valence-corrected chi connectivity index (χ3v) is 5.57. The molecule has 1 saturated heterocycles. The number of nitrogens with zero attached hydrogens (tertiary/aromatic N) is 1. The fourth-order valence-electron chi connectivity index (χ4n) is 3.91. The molecule has 0 bridgehead atoms. The number of carbonyl (C=O) groups is 1. The Morgan fingerprint density at radius 3 is 2.81 bits per heavy atom. The Bertz CT molecular complexity index is 877. The van der Waals surface area contributed by atoms with Gasteiger partial charge in [0.1, 0.15) is 11.4 Å². The molecule has 27 heavy (non-hydrogen) atoms. The zero-order chi connectivity index (χ0) is 18.9. The largest absolute Gasteiger partial charge is 0.497 e. The SMILES string of the molecule is COc1cccc(C2=COC3(CCCN(C(=O)c4ccc(Cl)cc4)C3)C2)c1. The van der Waals surface area contributed by atoms with Crippen LogP contribution in [0.3, 0.4) is 0 Å². The second-order valence-corrected chi connectivity index (χ2v) is 7.63. The Labute approximate surface area is 164 Å². The summed E-state index contributed by atoms with van der Waals surface area (Å²) in [7, 11) is 1.67.